The number of nitrogens with one attached hydrogen (secondary N) is 1. The number of ketones is 1. The number of amides is 1. The van der Waals surface area contributed by atoms with Gasteiger partial charge >= 0.3 is 0 Å². The average molecular weight is 415 g/mol. The summed E-state index contributed by atoms with van der Waals surface area (Å²) in [5.41, 5.74) is 1.74. The van der Waals surface area contributed by atoms with Gasteiger partial charge < -0.3 is 5.32 Å². The molecule has 0 spiro atoms. The Kier molecular flexibility index (Phi) is 5.31. The number of anilines is 1. The lowest BCUT2D eigenvalue weighted by atomic mass is 10.0. The van der Waals surface area contributed by atoms with E-state index in [1.54, 1.807) is 66.7 Å². The Labute approximate surface area is 158 Å². The van der Waals surface area contributed by atoms with Crippen LogP contribution in [0.15, 0.2) is 77.3 Å². The van der Waals surface area contributed by atoms with E-state index in [0.29, 0.717) is 27.4 Å². The Morgan fingerprint density at radius 3 is 2.24 bits per heavy atom. The number of hydrogen-bond acceptors (Lipinski definition) is 2. The summed E-state index contributed by atoms with van der Waals surface area (Å²) < 4.78 is 0.752. The van der Waals surface area contributed by atoms with Crippen molar-refractivity contribution < 1.29 is 9.59 Å². The molecular weight excluding hydrogens is 402 g/mol. The van der Waals surface area contributed by atoms with Crippen molar-refractivity contribution in [3.05, 3.63) is 99.0 Å². The van der Waals surface area contributed by atoms with E-state index in [4.69, 9.17) is 11.6 Å². The molecule has 0 heterocycles. The predicted molar refractivity (Wildman–Crippen MR) is 103 cm³/mol. The first-order valence-corrected chi connectivity index (χ1v) is 8.68. The maximum absolute atomic E-state index is 12.8. The van der Waals surface area contributed by atoms with Gasteiger partial charge in [-0.05, 0) is 30.3 Å². The number of hydrogen-bond donors (Lipinski definition) is 1. The Balaban J connectivity index is 1.96. The second-order valence-electron chi connectivity index (χ2n) is 5.32. The molecule has 0 atom stereocenters. The normalized spacial score (nSPS) is 10.3. The molecule has 0 bridgehead atoms. The van der Waals surface area contributed by atoms with Crippen molar-refractivity contribution in [3.63, 3.8) is 0 Å². The Bertz CT molecular complexity index is 941. The highest BCUT2D eigenvalue weighted by Crippen LogP contribution is 2.25. The third-order valence-electron chi connectivity index (χ3n) is 3.63. The predicted octanol–water partition coefficient (Wildman–Crippen LogP) is 5.59. The molecule has 0 radical (unpaired) electrons. The quantitative estimate of drug-likeness (QED) is 0.566. The molecule has 5 heteroatoms. The minimum absolute atomic E-state index is 0.170. The van der Waals surface area contributed by atoms with Gasteiger partial charge in [0.2, 0.25) is 0 Å². The number of carbonyl (C=O) groups excluding carboxylic acids is 2. The zero-order valence-corrected chi connectivity index (χ0v) is 15.3. The van der Waals surface area contributed by atoms with Gasteiger partial charge in [-0.25, -0.2) is 0 Å². The summed E-state index contributed by atoms with van der Waals surface area (Å²) in [5.74, 6) is -0.536. The minimum Gasteiger partial charge on any atom is -0.321 e. The van der Waals surface area contributed by atoms with E-state index in [0.717, 1.165) is 4.47 Å². The van der Waals surface area contributed by atoms with Crippen LogP contribution in [0.4, 0.5) is 5.69 Å². The molecule has 0 fully saturated rings. The molecule has 0 aliphatic rings. The molecule has 124 valence electrons. The van der Waals surface area contributed by atoms with Crippen molar-refractivity contribution in [3.8, 4) is 0 Å². The number of benzene rings is 3. The molecule has 1 N–H and O–H groups in total. The number of rotatable bonds is 4. The second-order valence-corrected chi connectivity index (χ2v) is 6.64. The van der Waals surface area contributed by atoms with Crippen LogP contribution < -0.4 is 5.32 Å². The average Bonchev–Trinajstić information content (AvgIpc) is 2.63. The SMILES string of the molecule is O=C(Nc1ccc(Br)cc1C(=O)c1ccccc1)c1ccccc1Cl. The smallest absolute Gasteiger partial charge is 0.257 e. The van der Waals surface area contributed by atoms with E-state index in [-0.39, 0.29) is 11.7 Å². The first kappa shape index (κ1) is 17.4. The first-order valence-electron chi connectivity index (χ1n) is 7.51. The summed E-state index contributed by atoms with van der Waals surface area (Å²) >= 11 is 9.45. The van der Waals surface area contributed by atoms with E-state index >= 15 is 0 Å². The van der Waals surface area contributed by atoms with Gasteiger partial charge in [-0.15, -0.1) is 0 Å². The fourth-order valence-corrected chi connectivity index (χ4v) is 2.98. The van der Waals surface area contributed by atoms with Gasteiger partial charge in [-0.3, -0.25) is 9.59 Å². The van der Waals surface area contributed by atoms with E-state index in [1.165, 1.54) is 0 Å². The van der Waals surface area contributed by atoms with Crippen LogP contribution >= 0.6 is 27.5 Å². The Morgan fingerprint density at radius 1 is 0.840 bits per heavy atom. The van der Waals surface area contributed by atoms with Crippen molar-refractivity contribution in [2.24, 2.45) is 0 Å². The highest BCUT2D eigenvalue weighted by atomic mass is 79.9. The summed E-state index contributed by atoms with van der Waals surface area (Å²) in [4.78, 5) is 25.3. The monoisotopic (exact) mass is 413 g/mol. The van der Waals surface area contributed by atoms with Crippen LogP contribution in [0.3, 0.4) is 0 Å². The van der Waals surface area contributed by atoms with Gasteiger partial charge in [0.25, 0.3) is 5.91 Å². The van der Waals surface area contributed by atoms with Crippen molar-refractivity contribution in [1.82, 2.24) is 0 Å². The molecule has 0 saturated heterocycles. The minimum atomic E-state index is -0.366. The highest BCUT2D eigenvalue weighted by molar-refractivity contribution is 9.10. The summed E-state index contributed by atoms with van der Waals surface area (Å²) in [6, 6.07) is 20.8. The molecule has 0 saturated carbocycles. The lowest BCUT2D eigenvalue weighted by molar-refractivity contribution is 0.102. The van der Waals surface area contributed by atoms with E-state index < -0.39 is 0 Å². The molecule has 0 aromatic heterocycles. The number of halogens is 2. The van der Waals surface area contributed by atoms with Gasteiger partial charge in [0.1, 0.15) is 0 Å². The van der Waals surface area contributed by atoms with Gasteiger partial charge in [-0.2, -0.15) is 0 Å². The van der Waals surface area contributed by atoms with Crippen LogP contribution in [0.1, 0.15) is 26.3 Å². The van der Waals surface area contributed by atoms with Crippen LogP contribution in [-0.2, 0) is 0 Å². The maximum atomic E-state index is 12.8. The Morgan fingerprint density at radius 2 is 1.52 bits per heavy atom. The van der Waals surface area contributed by atoms with Crippen molar-refractivity contribution in [2.75, 3.05) is 5.32 Å². The third-order valence-corrected chi connectivity index (χ3v) is 4.45. The standard InChI is InChI=1S/C20H13BrClNO2/c21-14-10-11-18(23-20(25)15-8-4-5-9-17(15)22)16(12-14)19(24)13-6-2-1-3-7-13/h1-12H,(H,23,25). The first-order chi connectivity index (χ1) is 12.1. The molecular formula is C20H13BrClNO2. The van der Waals surface area contributed by atoms with Gasteiger partial charge in [0.05, 0.1) is 16.3 Å². The summed E-state index contributed by atoms with van der Waals surface area (Å²) in [5, 5.41) is 3.14. The van der Waals surface area contributed by atoms with Crippen LogP contribution in [0.5, 0.6) is 0 Å². The zero-order valence-electron chi connectivity index (χ0n) is 13.0. The second kappa shape index (κ2) is 7.64. The molecule has 3 rings (SSSR count). The Hall–Kier alpha value is -2.43. The van der Waals surface area contributed by atoms with E-state index in [2.05, 4.69) is 21.2 Å². The van der Waals surface area contributed by atoms with Crippen LogP contribution in [0.25, 0.3) is 0 Å². The molecule has 3 nitrogen and oxygen atoms in total. The van der Waals surface area contributed by atoms with E-state index in [9.17, 15) is 9.59 Å². The van der Waals surface area contributed by atoms with Gasteiger partial charge in [0, 0.05) is 15.6 Å². The largest absolute Gasteiger partial charge is 0.321 e. The number of carbonyl (C=O) groups is 2. The third kappa shape index (κ3) is 3.98. The van der Waals surface area contributed by atoms with Crippen molar-refractivity contribution in [1.29, 1.82) is 0 Å². The molecule has 25 heavy (non-hydrogen) atoms. The maximum Gasteiger partial charge on any atom is 0.257 e. The van der Waals surface area contributed by atoms with Crippen molar-refractivity contribution >= 4 is 44.9 Å². The fraction of sp³-hybridized carbons (Fsp3) is 0. The van der Waals surface area contributed by atoms with E-state index in [1.807, 2.05) is 6.07 Å². The zero-order chi connectivity index (χ0) is 17.8. The molecule has 0 aliphatic carbocycles. The highest BCUT2D eigenvalue weighted by Gasteiger charge is 2.17. The fourth-order valence-electron chi connectivity index (χ4n) is 2.39. The van der Waals surface area contributed by atoms with Gasteiger partial charge in [0.15, 0.2) is 5.78 Å². The lowest BCUT2D eigenvalue weighted by Crippen LogP contribution is -2.15. The summed E-state index contributed by atoms with van der Waals surface area (Å²) in [6.45, 7) is 0. The summed E-state index contributed by atoms with van der Waals surface area (Å²) in [7, 11) is 0. The lowest BCUT2D eigenvalue weighted by Gasteiger charge is -2.12. The molecule has 0 aliphatic heterocycles. The van der Waals surface area contributed by atoms with Crippen LogP contribution in [-0.4, -0.2) is 11.7 Å². The molecule has 1 amide bonds. The van der Waals surface area contributed by atoms with Crippen LogP contribution in [0.2, 0.25) is 5.02 Å². The van der Waals surface area contributed by atoms with Crippen LogP contribution in [0, 0.1) is 0 Å². The summed E-state index contributed by atoms with van der Waals surface area (Å²) in [6.07, 6.45) is 0. The van der Waals surface area contributed by atoms with Gasteiger partial charge in [-0.1, -0.05) is 70.0 Å². The topological polar surface area (TPSA) is 46.2 Å². The van der Waals surface area contributed by atoms with Crippen molar-refractivity contribution in [2.45, 2.75) is 0 Å². The molecule has 3 aromatic rings. The molecule has 0 unspecified atom stereocenters. The molecule has 3 aromatic carbocycles.